The summed E-state index contributed by atoms with van der Waals surface area (Å²) in [6.07, 6.45) is 1.98. The third kappa shape index (κ3) is 3.44. The molecule has 0 unspecified atom stereocenters. The van der Waals surface area contributed by atoms with Crippen LogP contribution in [0, 0.1) is 5.92 Å². The van der Waals surface area contributed by atoms with E-state index in [9.17, 15) is 13.2 Å². The lowest BCUT2D eigenvalue weighted by Gasteiger charge is -2.34. The molecule has 114 valence electrons. The lowest BCUT2D eigenvalue weighted by Crippen LogP contribution is -2.51. The SMILES string of the molecule is O=C(C1CC1)N1CCN(S(=O)(=O)Cc2ccccc2)CC1. The number of benzene rings is 1. The largest absolute Gasteiger partial charge is 0.340 e. The molecule has 1 aromatic rings. The van der Waals surface area contributed by atoms with Crippen molar-refractivity contribution in [3.63, 3.8) is 0 Å². The predicted octanol–water partition coefficient (Wildman–Crippen LogP) is 1.07. The van der Waals surface area contributed by atoms with Gasteiger partial charge in [0, 0.05) is 32.1 Å². The molecule has 0 bridgehead atoms. The number of rotatable bonds is 4. The predicted molar refractivity (Wildman–Crippen MR) is 79.9 cm³/mol. The van der Waals surface area contributed by atoms with Crippen LogP contribution in [0.5, 0.6) is 0 Å². The number of carbonyl (C=O) groups is 1. The Bertz CT molecular complexity index is 603. The van der Waals surface area contributed by atoms with Crippen molar-refractivity contribution in [1.29, 1.82) is 0 Å². The molecule has 1 heterocycles. The molecule has 0 N–H and O–H groups in total. The molecule has 0 radical (unpaired) electrons. The molecule has 1 aliphatic carbocycles. The summed E-state index contributed by atoms with van der Waals surface area (Å²) in [4.78, 5) is 13.8. The van der Waals surface area contributed by atoms with E-state index in [1.807, 2.05) is 35.2 Å². The van der Waals surface area contributed by atoms with E-state index in [0.717, 1.165) is 18.4 Å². The van der Waals surface area contributed by atoms with Crippen molar-refractivity contribution in [2.75, 3.05) is 26.2 Å². The van der Waals surface area contributed by atoms with E-state index in [4.69, 9.17) is 0 Å². The van der Waals surface area contributed by atoms with Gasteiger partial charge in [-0.1, -0.05) is 30.3 Å². The lowest BCUT2D eigenvalue weighted by molar-refractivity contribution is -0.133. The summed E-state index contributed by atoms with van der Waals surface area (Å²) >= 11 is 0. The van der Waals surface area contributed by atoms with Gasteiger partial charge in [-0.25, -0.2) is 8.42 Å². The number of carbonyl (C=O) groups excluding carboxylic acids is 1. The number of hydrogen-bond acceptors (Lipinski definition) is 3. The van der Waals surface area contributed by atoms with E-state index < -0.39 is 10.0 Å². The van der Waals surface area contributed by atoms with E-state index in [-0.39, 0.29) is 17.6 Å². The van der Waals surface area contributed by atoms with Gasteiger partial charge in [0.15, 0.2) is 0 Å². The fourth-order valence-electron chi connectivity index (χ4n) is 2.65. The maximum Gasteiger partial charge on any atom is 0.225 e. The maximum atomic E-state index is 12.4. The zero-order valence-corrected chi connectivity index (χ0v) is 12.8. The van der Waals surface area contributed by atoms with Crippen LogP contribution in [-0.2, 0) is 20.6 Å². The van der Waals surface area contributed by atoms with Crippen molar-refractivity contribution in [3.05, 3.63) is 35.9 Å². The second-order valence-electron chi connectivity index (χ2n) is 5.74. The van der Waals surface area contributed by atoms with Gasteiger partial charge in [-0.15, -0.1) is 0 Å². The van der Waals surface area contributed by atoms with Crippen LogP contribution < -0.4 is 0 Å². The van der Waals surface area contributed by atoms with Gasteiger partial charge in [0.2, 0.25) is 15.9 Å². The standard InChI is InChI=1S/C15H20N2O3S/c18-15(14-6-7-14)16-8-10-17(11-9-16)21(19,20)12-13-4-2-1-3-5-13/h1-5,14H,6-12H2. The van der Waals surface area contributed by atoms with Gasteiger partial charge >= 0.3 is 0 Å². The summed E-state index contributed by atoms with van der Waals surface area (Å²) < 4.78 is 26.3. The zero-order chi connectivity index (χ0) is 14.9. The summed E-state index contributed by atoms with van der Waals surface area (Å²) in [5.41, 5.74) is 0.800. The van der Waals surface area contributed by atoms with Gasteiger partial charge in [-0.2, -0.15) is 4.31 Å². The molecular formula is C15H20N2O3S. The van der Waals surface area contributed by atoms with E-state index in [0.29, 0.717) is 26.2 Å². The third-order valence-corrected chi connectivity index (χ3v) is 5.91. The fraction of sp³-hybridized carbons (Fsp3) is 0.533. The molecule has 1 saturated heterocycles. The van der Waals surface area contributed by atoms with Crippen LogP contribution in [0.1, 0.15) is 18.4 Å². The van der Waals surface area contributed by atoms with Crippen molar-refractivity contribution in [2.45, 2.75) is 18.6 Å². The van der Waals surface area contributed by atoms with Crippen LogP contribution in [-0.4, -0.2) is 49.7 Å². The molecule has 5 nitrogen and oxygen atoms in total. The molecule has 1 aromatic carbocycles. The van der Waals surface area contributed by atoms with Crippen LogP contribution in [0.25, 0.3) is 0 Å². The van der Waals surface area contributed by atoms with E-state index >= 15 is 0 Å². The third-order valence-electron chi connectivity index (χ3n) is 4.06. The van der Waals surface area contributed by atoms with Gasteiger partial charge in [-0.05, 0) is 18.4 Å². The highest BCUT2D eigenvalue weighted by Crippen LogP contribution is 2.31. The first-order valence-electron chi connectivity index (χ1n) is 7.37. The monoisotopic (exact) mass is 308 g/mol. The minimum absolute atomic E-state index is 0.0322. The number of amides is 1. The molecule has 6 heteroatoms. The minimum atomic E-state index is -3.29. The van der Waals surface area contributed by atoms with E-state index in [1.54, 1.807) is 0 Å². The van der Waals surface area contributed by atoms with E-state index in [1.165, 1.54) is 4.31 Å². The number of sulfonamides is 1. The maximum absolute atomic E-state index is 12.4. The van der Waals surface area contributed by atoms with E-state index in [2.05, 4.69) is 0 Å². The molecule has 0 aromatic heterocycles. The normalized spacial score (nSPS) is 20.5. The molecule has 0 spiro atoms. The van der Waals surface area contributed by atoms with Crippen molar-refractivity contribution >= 4 is 15.9 Å². The van der Waals surface area contributed by atoms with Gasteiger partial charge in [-0.3, -0.25) is 4.79 Å². The summed E-state index contributed by atoms with van der Waals surface area (Å²) in [6.45, 7) is 1.86. The van der Waals surface area contributed by atoms with Gasteiger partial charge in [0.1, 0.15) is 0 Å². The van der Waals surface area contributed by atoms with Gasteiger partial charge in [0.05, 0.1) is 5.75 Å². The summed E-state index contributed by atoms with van der Waals surface area (Å²) in [5, 5.41) is 0. The first-order valence-corrected chi connectivity index (χ1v) is 8.98. The molecule has 0 atom stereocenters. The van der Waals surface area contributed by atoms with Crippen molar-refractivity contribution in [3.8, 4) is 0 Å². The second-order valence-corrected chi connectivity index (χ2v) is 7.71. The number of piperazine rings is 1. The van der Waals surface area contributed by atoms with Crippen LogP contribution in [0.15, 0.2) is 30.3 Å². The highest BCUT2D eigenvalue weighted by Gasteiger charge is 2.36. The summed E-state index contributed by atoms with van der Waals surface area (Å²) in [5.74, 6) is 0.442. The molecule has 1 amide bonds. The Morgan fingerprint density at radius 1 is 1.05 bits per heavy atom. The summed E-state index contributed by atoms with van der Waals surface area (Å²) in [7, 11) is -3.29. The zero-order valence-electron chi connectivity index (χ0n) is 11.9. The Kier molecular flexibility index (Phi) is 3.99. The quantitative estimate of drug-likeness (QED) is 0.836. The summed E-state index contributed by atoms with van der Waals surface area (Å²) in [6, 6.07) is 9.21. The van der Waals surface area contributed by atoms with Crippen LogP contribution in [0.2, 0.25) is 0 Å². The Hall–Kier alpha value is -1.40. The first kappa shape index (κ1) is 14.5. The molecule has 1 saturated carbocycles. The average molecular weight is 308 g/mol. The molecule has 2 fully saturated rings. The molecule has 3 rings (SSSR count). The van der Waals surface area contributed by atoms with Crippen LogP contribution in [0.4, 0.5) is 0 Å². The molecular weight excluding hydrogens is 288 g/mol. The molecule has 2 aliphatic rings. The fourth-order valence-corrected chi connectivity index (χ4v) is 4.17. The Labute approximate surface area is 125 Å². The highest BCUT2D eigenvalue weighted by atomic mass is 32.2. The average Bonchev–Trinajstić information content (AvgIpc) is 3.32. The Morgan fingerprint density at radius 3 is 2.24 bits per heavy atom. The number of hydrogen-bond donors (Lipinski definition) is 0. The first-order chi connectivity index (χ1) is 10.1. The minimum Gasteiger partial charge on any atom is -0.340 e. The van der Waals surface area contributed by atoms with Gasteiger partial charge < -0.3 is 4.90 Å². The second kappa shape index (κ2) is 5.77. The number of nitrogens with zero attached hydrogens (tertiary/aromatic N) is 2. The Balaban J connectivity index is 1.59. The lowest BCUT2D eigenvalue weighted by atomic mass is 10.2. The topological polar surface area (TPSA) is 57.7 Å². The molecule has 21 heavy (non-hydrogen) atoms. The smallest absolute Gasteiger partial charge is 0.225 e. The van der Waals surface area contributed by atoms with Crippen molar-refractivity contribution < 1.29 is 13.2 Å². The van der Waals surface area contributed by atoms with Crippen molar-refractivity contribution in [2.24, 2.45) is 5.92 Å². The van der Waals surface area contributed by atoms with Crippen LogP contribution in [0.3, 0.4) is 0 Å². The Morgan fingerprint density at radius 2 is 1.67 bits per heavy atom. The molecule has 1 aliphatic heterocycles. The van der Waals surface area contributed by atoms with Crippen LogP contribution >= 0.6 is 0 Å². The van der Waals surface area contributed by atoms with Crippen molar-refractivity contribution in [1.82, 2.24) is 9.21 Å². The van der Waals surface area contributed by atoms with Gasteiger partial charge in [0.25, 0.3) is 0 Å². The highest BCUT2D eigenvalue weighted by molar-refractivity contribution is 7.88.